The van der Waals surface area contributed by atoms with Crippen LogP contribution in [0.3, 0.4) is 0 Å². The second-order valence-corrected chi connectivity index (χ2v) is 5.71. The van der Waals surface area contributed by atoms with Gasteiger partial charge in [0.15, 0.2) is 0 Å². The molecule has 4 atom stereocenters. The number of benzene rings is 1. The summed E-state index contributed by atoms with van der Waals surface area (Å²) in [6, 6.07) is 9.88. The zero-order valence-corrected chi connectivity index (χ0v) is 11.7. The van der Waals surface area contributed by atoms with Gasteiger partial charge in [-0.2, -0.15) is 0 Å². The third kappa shape index (κ3) is 2.78. The summed E-state index contributed by atoms with van der Waals surface area (Å²) in [7, 11) is 0. The van der Waals surface area contributed by atoms with Gasteiger partial charge in [0.05, 0.1) is 24.0 Å². The van der Waals surface area contributed by atoms with Crippen molar-refractivity contribution >= 4 is 11.9 Å². The summed E-state index contributed by atoms with van der Waals surface area (Å²) < 4.78 is 5.60. The van der Waals surface area contributed by atoms with Crippen LogP contribution in [0.4, 0.5) is 0 Å². The summed E-state index contributed by atoms with van der Waals surface area (Å²) in [4.78, 5) is 23.6. The Balaban J connectivity index is 1.56. The summed E-state index contributed by atoms with van der Waals surface area (Å²) in [6.45, 7) is 0.517. The second kappa shape index (κ2) is 5.85. The van der Waals surface area contributed by atoms with Crippen LogP contribution in [-0.2, 0) is 20.7 Å². The highest BCUT2D eigenvalue weighted by atomic mass is 16.5. The molecule has 2 N–H and O–H groups in total. The molecule has 0 spiro atoms. The topological polar surface area (TPSA) is 75.6 Å². The van der Waals surface area contributed by atoms with E-state index in [2.05, 4.69) is 5.32 Å². The standard InChI is InChI=1S/C16H19NO4/c18-15(17-9-8-10-4-2-1-3-5-10)13-11-6-7-12(21-11)14(13)16(19)20/h1-5,11-14H,6-9H2,(H,17,18)(H,19,20)/t11-,12-,13+,14-/m0/s1. The molecule has 5 heteroatoms. The monoisotopic (exact) mass is 289 g/mol. The van der Waals surface area contributed by atoms with Crippen LogP contribution in [0.2, 0.25) is 0 Å². The molecule has 0 aromatic heterocycles. The molecule has 2 bridgehead atoms. The number of nitrogens with one attached hydrogen (secondary N) is 1. The van der Waals surface area contributed by atoms with Crippen molar-refractivity contribution in [2.45, 2.75) is 31.5 Å². The van der Waals surface area contributed by atoms with Gasteiger partial charge in [0.25, 0.3) is 0 Å². The lowest BCUT2D eigenvalue weighted by atomic mass is 9.78. The molecular formula is C16H19NO4. The fourth-order valence-corrected chi connectivity index (χ4v) is 3.42. The number of carbonyl (C=O) groups excluding carboxylic acids is 1. The predicted molar refractivity (Wildman–Crippen MR) is 75.7 cm³/mol. The van der Waals surface area contributed by atoms with Gasteiger partial charge in [-0.3, -0.25) is 9.59 Å². The molecule has 0 unspecified atom stereocenters. The number of ether oxygens (including phenoxy) is 1. The van der Waals surface area contributed by atoms with Crippen molar-refractivity contribution in [1.29, 1.82) is 0 Å². The number of amides is 1. The van der Waals surface area contributed by atoms with E-state index in [9.17, 15) is 14.7 Å². The van der Waals surface area contributed by atoms with E-state index in [0.717, 1.165) is 24.8 Å². The van der Waals surface area contributed by atoms with Crippen LogP contribution in [0, 0.1) is 11.8 Å². The molecule has 0 radical (unpaired) electrons. The van der Waals surface area contributed by atoms with E-state index in [0.29, 0.717) is 6.54 Å². The van der Waals surface area contributed by atoms with Crippen molar-refractivity contribution in [2.75, 3.05) is 6.54 Å². The minimum absolute atomic E-state index is 0.189. The largest absolute Gasteiger partial charge is 0.481 e. The van der Waals surface area contributed by atoms with Crippen LogP contribution < -0.4 is 5.32 Å². The fourth-order valence-electron chi connectivity index (χ4n) is 3.42. The minimum Gasteiger partial charge on any atom is -0.481 e. The SMILES string of the molecule is O=C(O)[C@@H]1[C@H](C(=O)NCCc2ccccc2)[C@@H]2CC[C@@H]1O2. The Bertz CT molecular complexity index is 530. The van der Waals surface area contributed by atoms with Crippen LogP contribution in [0.1, 0.15) is 18.4 Å². The Morgan fingerprint density at radius 1 is 1.14 bits per heavy atom. The first-order valence-corrected chi connectivity index (χ1v) is 7.36. The molecule has 0 aliphatic carbocycles. The van der Waals surface area contributed by atoms with Crippen molar-refractivity contribution in [2.24, 2.45) is 11.8 Å². The zero-order valence-electron chi connectivity index (χ0n) is 11.7. The molecule has 21 heavy (non-hydrogen) atoms. The molecule has 2 fully saturated rings. The quantitative estimate of drug-likeness (QED) is 0.854. The second-order valence-electron chi connectivity index (χ2n) is 5.71. The van der Waals surface area contributed by atoms with Crippen LogP contribution >= 0.6 is 0 Å². The lowest BCUT2D eigenvalue weighted by molar-refractivity contribution is -0.147. The van der Waals surface area contributed by atoms with Gasteiger partial charge in [-0.15, -0.1) is 0 Å². The smallest absolute Gasteiger partial charge is 0.310 e. The number of rotatable bonds is 5. The average molecular weight is 289 g/mol. The first kappa shape index (κ1) is 14.1. The molecular weight excluding hydrogens is 270 g/mol. The van der Waals surface area contributed by atoms with Gasteiger partial charge in [0.2, 0.25) is 5.91 Å². The summed E-state index contributed by atoms with van der Waals surface area (Å²) in [5.74, 6) is -2.35. The van der Waals surface area contributed by atoms with Crippen molar-refractivity contribution in [1.82, 2.24) is 5.32 Å². The summed E-state index contributed by atoms with van der Waals surface area (Å²) in [6.07, 6.45) is 1.75. The fraction of sp³-hybridized carbons (Fsp3) is 0.500. The Hall–Kier alpha value is -1.88. The molecule has 0 saturated carbocycles. The highest BCUT2D eigenvalue weighted by Gasteiger charge is 2.55. The predicted octanol–water partition coefficient (Wildman–Crippen LogP) is 1.22. The Morgan fingerprint density at radius 2 is 1.81 bits per heavy atom. The third-order valence-corrected chi connectivity index (χ3v) is 4.42. The highest BCUT2D eigenvalue weighted by molar-refractivity contribution is 5.86. The van der Waals surface area contributed by atoms with Crippen LogP contribution in [0.25, 0.3) is 0 Å². The van der Waals surface area contributed by atoms with E-state index in [1.54, 1.807) is 0 Å². The lowest BCUT2D eigenvalue weighted by Gasteiger charge is -2.23. The van der Waals surface area contributed by atoms with Gasteiger partial charge in [-0.25, -0.2) is 0 Å². The van der Waals surface area contributed by atoms with E-state index in [-0.39, 0.29) is 18.1 Å². The van der Waals surface area contributed by atoms with E-state index in [4.69, 9.17) is 4.74 Å². The normalized spacial score (nSPS) is 30.3. The molecule has 2 aliphatic heterocycles. The maximum atomic E-state index is 12.3. The van der Waals surface area contributed by atoms with E-state index in [1.807, 2.05) is 30.3 Å². The number of hydrogen-bond acceptors (Lipinski definition) is 3. The van der Waals surface area contributed by atoms with Crippen molar-refractivity contribution in [3.05, 3.63) is 35.9 Å². The van der Waals surface area contributed by atoms with Crippen molar-refractivity contribution in [3.63, 3.8) is 0 Å². The molecule has 1 aromatic carbocycles. The Kier molecular flexibility index (Phi) is 3.92. The van der Waals surface area contributed by atoms with Gasteiger partial charge in [-0.05, 0) is 24.8 Å². The Labute approximate surface area is 123 Å². The highest BCUT2D eigenvalue weighted by Crippen LogP contribution is 2.43. The van der Waals surface area contributed by atoms with Gasteiger partial charge < -0.3 is 15.2 Å². The number of hydrogen-bond donors (Lipinski definition) is 2. The molecule has 2 aliphatic rings. The third-order valence-electron chi connectivity index (χ3n) is 4.42. The van der Waals surface area contributed by atoms with E-state index >= 15 is 0 Å². The maximum absolute atomic E-state index is 12.3. The van der Waals surface area contributed by atoms with Gasteiger partial charge in [-0.1, -0.05) is 30.3 Å². The summed E-state index contributed by atoms with van der Waals surface area (Å²) >= 11 is 0. The van der Waals surface area contributed by atoms with Crippen LogP contribution in [0.5, 0.6) is 0 Å². The molecule has 1 aromatic rings. The molecule has 1 amide bonds. The first-order chi connectivity index (χ1) is 10.2. The van der Waals surface area contributed by atoms with Crippen molar-refractivity contribution in [3.8, 4) is 0 Å². The molecule has 2 saturated heterocycles. The molecule has 3 rings (SSSR count). The maximum Gasteiger partial charge on any atom is 0.310 e. The molecule has 5 nitrogen and oxygen atoms in total. The summed E-state index contributed by atoms with van der Waals surface area (Å²) in [5.41, 5.74) is 1.15. The Morgan fingerprint density at radius 3 is 2.48 bits per heavy atom. The number of carbonyl (C=O) groups is 2. The average Bonchev–Trinajstić information content (AvgIpc) is 3.08. The van der Waals surface area contributed by atoms with Gasteiger partial charge >= 0.3 is 5.97 Å². The number of carboxylic acid groups (broad SMARTS) is 1. The lowest BCUT2D eigenvalue weighted by Crippen LogP contribution is -2.44. The van der Waals surface area contributed by atoms with Gasteiger partial charge in [0.1, 0.15) is 0 Å². The first-order valence-electron chi connectivity index (χ1n) is 7.36. The van der Waals surface area contributed by atoms with E-state index in [1.165, 1.54) is 0 Å². The van der Waals surface area contributed by atoms with Gasteiger partial charge in [0, 0.05) is 6.54 Å². The number of carboxylic acids is 1. The summed E-state index contributed by atoms with van der Waals surface area (Å²) in [5, 5.41) is 12.2. The molecule has 112 valence electrons. The zero-order chi connectivity index (χ0) is 14.8. The minimum atomic E-state index is -0.926. The molecule has 2 heterocycles. The van der Waals surface area contributed by atoms with E-state index < -0.39 is 17.8 Å². The van der Waals surface area contributed by atoms with Crippen LogP contribution in [-0.4, -0.2) is 35.7 Å². The number of aliphatic carboxylic acids is 1. The van der Waals surface area contributed by atoms with Crippen LogP contribution in [0.15, 0.2) is 30.3 Å². The number of fused-ring (bicyclic) bond motifs is 2. The van der Waals surface area contributed by atoms with Crippen molar-refractivity contribution < 1.29 is 19.4 Å².